The summed E-state index contributed by atoms with van der Waals surface area (Å²) in [6.07, 6.45) is 0. The number of likely N-dealkylation sites (N-methyl/N-ethyl adjacent to an activating group) is 1. The standard InChI is InChI=1S/C17H20N2O2/c1-18-9-11-19(12-10-18)17(20)13-21-16-8-4-6-14-5-2-3-7-15(14)16/h2-8H,9-13H2,1H3. The van der Waals surface area contributed by atoms with Crippen LogP contribution in [0.3, 0.4) is 0 Å². The second-order valence-electron chi connectivity index (χ2n) is 5.45. The molecule has 3 rings (SSSR count). The smallest absolute Gasteiger partial charge is 0.260 e. The molecule has 1 fully saturated rings. The molecule has 21 heavy (non-hydrogen) atoms. The molecule has 4 heteroatoms. The van der Waals surface area contributed by atoms with Crippen molar-refractivity contribution >= 4 is 16.7 Å². The first kappa shape index (κ1) is 13.9. The number of piperazine rings is 1. The summed E-state index contributed by atoms with van der Waals surface area (Å²) in [6, 6.07) is 14.0. The molecule has 0 atom stereocenters. The van der Waals surface area contributed by atoms with Gasteiger partial charge in [-0.1, -0.05) is 36.4 Å². The van der Waals surface area contributed by atoms with E-state index < -0.39 is 0 Å². The predicted octanol–water partition coefficient (Wildman–Crippen LogP) is 1.99. The summed E-state index contributed by atoms with van der Waals surface area (Å²) >= 11 is 0. The van der Waals surface area contributed by atoms with E-state index in [0.717, 1.165) is 42.7 Å². The molecular weight excluding hydrogens is 264 g/mol. The number of fused-ring (bicyclic) bond motifs is 1. The average molecular weight is 284 g/mol. The Labute approximate surface area is 124 Å². The second kappa shape index (κ2) is 6.14. The van der Waals surface area contributed by atoms with Gasteiger partial charge in [0.05, 0.1) is 0 Å². The van der Waals surface area contributed by atoms with Gasteiger partial charge in [0.1, 0.15) is 5.75 Å². The molecule has 1 aliphatic rings. The average Bonchev–Trinajstić information content (AvgIpc) is 2.53. The van der Waals surface area contributed by atoms with Gasteiger partial charge in [0.25, 0.3) is 5.91 Å². The minimum Gasteiger partial charge on any atom is -0.483 e. The van der Waals surface area contributed by atoms with E-state index in [1.54, 1.807) is 0 Å². The minimum absolute atomic E-state index is 0.0658. The highest BCUT2D eigenvalue weighted by Crippen LogP contribution is 2.25. The maximum Gasteiger partial charge on any atom is 0.260 e. The molecule has 1 heterocycles. The van der Waals surface area contributed by atoms with Crippen molar-refractivity contribution in [1.82, 2.24) is 9.80 Å². The van der Waals surface area contributed by atoms with Crippen molar-refractivity contribution in [2.75, 3.05) is 39.8 Å². The molecule has 0 saturated carbocycles. The Hall–Kier alpha value is -2.07. The summed E-state index contributed by atoms with van der Waals surface area (Å²) in [5.74, 6) is 0.839. The lowest BCUT2D eigenvalue weighted by Gasteiger charge is -2.32. The Morgan fingerprint density at radius 3 is 2.57 bits per heavy atom. The number of hydrogen-bond acceptors (Lipinski definition) is 3. The van der Waals surface area contributed by atoms with Crippen LogP contribution in [0.1, 0.15) is 0 Å². The maximum absolute atomic E-state index is 12.2. The van der Waals surface area contributed by atoms with E-state index in [-0.39, 0.29) is 12.5 Å². The van der Waals surface area contributed by atoms with Gasteiger partial charge in [-0.3, -0.25) is 4.79 Å². The molecule has 0 N–H and O–H groups in total. The highest BCUT2D eigenvalue weighted by Gasteiger charge is 2.19. The number of ether oxygens (including phenoxy) is 1. The van der Waals surface area contributed by atoms with Crippen LogP contribution in [0.15, 0.2) is 42.5 Å². The fourth-order valence-electron chi connectivity index (χ4n) is 2.61. The zero-order valence-electron chi connectivity index (χ0n) is 12.3. The SMILES string of the molecule is CN1CCN(C(=O)COc2cccc3ccccc23)CC1. The van der Waals surface area contributed by atoms with E-state index in [1.165, 1.54) is 0 Å². The molecule has 0 aromatic heterocycles. The maximum atomic E-state index is 12.2. The topological polar surface area (TPSA) is 32.8 Å². The summed E-state index contributed by atoms with van der Waals surface area (Å²) in [5.41, 5.74) is 0. The van der Waals surface area contributed by atoms with Gasteiger partial charge < -0.3 is 14.5 Å². The molecule has 1 amide bonds. The van der Waals surface area contributed by atoms with Gasteiger partial charge in [-0.2, -0.15) is 0 Å². The number of amides is 1. The lowest BCUT2D eigenvalue weighted by Crippen LogP contribution is -2.48. The van der Waals surface area contributed by atoms with E-state index in [9.17, 15) is 4.79 Å². The van der Waals surface area contributed by atoms with Gasteiger partial charge in [0.2, 0.25) is 0 Å². The predicted molar refractivity (Wildman–Crippen MR) is 83.5 cm³/mol. The monoisotopic (exact) mass is 284 g/mol. The number of nitrogens with zero attached hydrogens (tertiary/aromatic N) is 2. The van der Waals surface area contributed by atoms with Crippen LogP contribution in [-0.4, -0.2) is 55.5 Å². The molecule has 0 radical (unpaired) electrons. The van der Waals surface area contributed by atoms with Crippen molar-refractivity contribution in [2.45, 2.75) is 0 Å². The number of benzene rings is 2. The third kappa shape index (κ3) is 3.16. The van der Waals surface area contributed by atoms with Crippen molar-refractivity contribution in [3.63, 3.8) is 0 Å². The van der Waals surface area contributed by atoms with Crippen molar-refractivity contribution in [3.05, 3.63) is 42.5 Å². The van der Waals surface area contributed by atoms with Gasteiger partial charge in [0, 0.05) is 31.6 Å². The zero-order chi connectivity index (χ0) is 14.7. The van der Waals surface area contributed by atoms with E-state index in [0.29, 0.717) is 0 Å². The van der Waals surface area contributed by atoms with Crippen molar-refractivity contribution in [3.8, 4) is 5.75 Å². The second-order valence-corrected chi connectivity index (χ2v) is 5.45. The fraction of sp³-hybridized carbons (Fsp3) is 0.353. The summed E-state index contributed by atoms with van der Waals surface area (Å²) < 4.78 is 5.76. The first-order valence-corrected chi connectivity index (χ1v) is 7.31. The van der Waals surface area contributed by atoms with Crippen LogP contribution in [0.25, 0.3) is 10.8 Å². The van der Waals surface area contributed by atoms with E-state index in [2.05, 4.69) is 11.9 Å². The number of rotatable bonds is 3. The van der Waals surface area contributed by atoms with Crippen LogP contribution in [0, 0.1) is 0 Å². The van der Waals surface area contributed by atoms with Crippen LogP contribution >= 0.6 is 0 Å². The minimum atomic E-state index is 0.0658. The molecule has 1 saturated heterocycles. The quantitative estimate of drug-likeness (QED) is 0.864. The number of carbonyl (C=O) groups excluding carboxylic acids is 1. The fourth-order valence-corrected chi connectivity index (χ4v) is 2.61. The first-order chi connectivity index (χ1) is 10.2. The van der Waals surface area contributed by atoms with Gasteiger partial charge in [-0.15, -0.1) is 0 Å². The number of hydrogen-bond donors (Lipinski definition) is 0. The molecular formula is C17H20N2O2. The molecule has 0 bridgehead atoms. The molecule has 0 unspecified atom stereocenters. The Morgan fingerprint density at radius 1 is 1.05 bits per heavy atom. The van der Waals surface area contributed by atoms with Gasteiger partial charge >= 0.3 is 0 Å². The molecule has 0 spiro atoms. The molecule has 110 valence electrons. The zero-order valence-corrected chi connectivity index (χ0v) is 12.3. The third-order valence-electron chi connectivity index (χ3n) is 3.96. The highest BCUT2D eigenvalue weighted by atomic mass is 16.5. The third-order valence-corrected chi connectivity index (χ3v) is 3.96. The van der Waals surface area contributed by atoms with E-state index in [4.69, 9.17) is 4.74 Å². The van der Waals surface area contributed by atoms with Crippen LogP contribution in [0.5, 0.6) is 5.75 Å². The Morgan fingerprint density at radius 2 is 1.76 bits per heavy atom. The van der Waals surface area contributed by atoms with Gasteiger partial charge in [-0.05, 0) is 18.5 Å². The van der Waals surface area contributed by atoms with Crippen LogP contribution in [0.2, 0.25) is 0 Å². The molecule has 0 aliphatic carbocycles. The lowest BCUT2D eigenvalue weighted by molar-refractivity contribution is -0.134. The van der Waals surface area contributed by atoms with E-state index >= 15 is 0 Å². The summed E-state index contributed by atoms with van der Waals surface area (Å²) in [4.78, 5) is 16.3. The lowest BCUT2D eigenvalue weighted by atomic mass is 10.1. The van der Waals surface area contributed by atoms with Crippen LogP contribution in [0.4, 0.5) is 0 Å². The normalized spacial score (nSPS) is 16.1. The Kier molecular flexibility index (Phi) is 4.06. The van der Waals surface area contributed by atoms with Crippen molar-refractivity contribution < 1.29 is 9.53 Å². The largest absolute Gasteiger partial charge is 0.483 e. The summed E-state index contributed by atoms with van der Waals surface area (Å²) in [6.45, 7) is 3.54. The highest BCUT2D eigenvalue weighted by molar-refractivity contribution is 5.88. The molecule has 1 aliphatic heterocycles. The van der Waals surface area contributed by atoms with Crippen molar-refractivity contribution in [1.29, 1.82) is 0 Å². The number of carbonyl (C=O) groups is 1. The Bertz CT molecular complexity index is 628. The molecule has 2 aromatic carbocycles. The summed E-state index contributed by atoms with van der Waals surface area (Å²) in [5, 5.41) is 2.17. The van der Waals surface area contributed by atoms with Gasteiger partial charge in [-0.25, -0.2) is 0 Å². The summed E-state index contributed by atoms with van der Waals surface area (Å²) in [7, 11) is 2.08. The van der Waals surface area contributed by atoms with Crippen LogP contribution < -0.4 is 4.74 Å². The van der Waals surface area contributed by atoms with Gasteiger partial charge in [0.15, 0.2) is 6.61 Å². The van der Waals surface area contributed by atoms with Crippen LogP contribution in [-0.2, 0) is 4.79 Å². The van der Waals surface area contributed by atoms with E-state index in [1.807, 2.05) is 47.4 Å². The van der Waals surface area contributed by atoms with Crippen molar-refractivity contribution in [2.24, 2.45) is 0 Å². The molecule has 4 nitrogen and oxygen atoms in total. The Balaban J connectivity index is 1.65. The molecule has 2 aromatic rings. The first-order valence-electron chi connectivity index (χ1n) is 7.31.